The quantitative estimate of drug-likeness (QED) is 0.823. The maximum absolute atomic E-state index is 11.8. The number of anilines is 1. The summed E-state index contributed by atoms with van der Waals surface area (Å²) < 4.78 is 6.80. The summed E-state index contributed by atoms with van der Waals surface area (Å²) in [6.45, 7) is 2.77. The van der Waals surface area contributed by atoms with Crippen molar-refractivity contribution in [2.75, 3.05) is 11.9 Å². The van der Waals surface area contributed by atoms with Crippen LogP contribution in [-0.2, 0) is 17.8 Å². The first-order valence-corrected chi connectivity index (χ1v) is 6.54. The van der Waals surface area contributed by atoms with Gasteiger partial charge in [-0.2, -0.15) is 5.10 Å². The molecule has 2 aromatic rings. The molecule has 0 aromatic carbocycles. The number of hydrogen-bond acceptors (Lipinski definition) is 6. The number of carbonyl (C=O) groups is 1. The van der Waals surface area contributed by atoms with Crippen LogP contribution in [-0.4, -0.2) is 38.4 Å². The molecule has 0 saturated heterocycles. The second-order valence-corrected chi connectivity index (χ2v) is 4.86. The Labute approximate surface area is 115 Å². The lowest BCUT2D eigenvalue weighted by Gasteiger charge is -2.23. The van der Waals surface area contributed by atoms with E-state index in [1.807, 2.05) is 4.68 Å². The van der Waals surface area contributed by atoms with E-state index in [1.54, 1.807) is 19.3 Å². The number of rotatable bonds is 4. The van der Waals surface area contributed by atoms with Gasteiger partial charge in [0.05, 0.1) is 18.8 Å². The standard InChI is InChI=1S/C12H16N6O2/c1-8-4-12(20-17-8)16-11(19)5-13-9-2-3-10-14-7-15-18(10)6-9/h4,7,9,13H,2-3,5-6H2,1H3,(H,16,19)/t9-/m0/s1. The van der Waals surface area contributed by atoms with E-state index in [0.29, 0.717) is 5.88 Å². The Bertz CT molecular complexity index is 605. The minimum atomic E-state index is -0.148. The molecule has 0 aliphatic carbocycles. The van der Waals surface area contributed by atoms with Gasteiger partial charge in [-0.05, 0) is 13.3 Å². The summed E-state index contributed by atoms with van der Waals surface area (Å²) in [4.78, 5) is 15.9. The Kier molecular flexibility index (Phi) is 3.46. The third-order valence-corrected chi connectivity index (χ3v) is 3.25. The molecule has 106 valence electrons. The van der Waals surface area contributed by atoms with Gasteiger partial charge in [-0.25, -0.2) is 9.67 Å². The highest BCUT2D eigenvalue weighted by Crippen LogP contribution is 2.11. The van der Waals surface area contributed by atoms with Gasteiger partial charge < -0.3 is 9.84 Å². The molecule has 0 radical (unpaired) electrons. The van der Waals surface area contributed by atoms with Crippen molar-refractivity contribution in [3.8, 4) is 0 Å². The van der Waals surface area contributed by atoms with Crippen LogP contribution in [0.5, 0.6) is 0 Å². The van der Waals surface area contributed by atoms with Gasteiger partial charge in [0.25, 0.3) is 0 Å². The molecule has 1 atom stereocenters. The van der Waals surface area contributed by atoms with E-state index in [9.17, 15) is 4.79 Å². The number of nitrogens with zero attached hydrogens (tertiary/aromatic N) is 4. The third-order valence-electron chi connectivity index (χ3n) is 3.25. The van der Waals surface area contributed by atoms with Crippen molar-refractivity contribution in [2.24, 2.45) is 0 Å². The predicted molar refractivity (Wildman–Crippen MR) is 70.0 cm³/mol. The predicted octanol–water partition coefficient (Wildman–Crippen LogP) is 0.118. The number of amides is 1. The molecule has 8 heteroatoms. The fourth-order valence-corrected chi connectivity index (χ4v) is 2.25. The van der Waals surface area contributed by atoms with Crippen molar-refractivity contribution < 1.29 is 9.32 Å². The van der Waals surface area contributed by atoms with Gasteiger partial charge in [-0.1, -0.05) is 5.16 Å². The van der Waals surface area contributed by atoms with Crippen LogP contribution < -0.4 is 10.6 Å². The van der Waals surface area contributed by atoms with E-state index < -0.39 is 0 Å². The zero-order valence-electron chi connectivity index (χ0n) is 11.2. The van der Waals surface area contributed by atoms with Gasteiger partial charge in [0.1, 0.15) is 12.2 Å². The molecule has 0 unspecified atom stereocenters. The second-order valence-electron chi connectivity index (χ2n) is 4.86. The molecule has 1 amide bonds. The van der Waals surface area contributed by atoms with E-state index in [4.69, 9.17) is 4.52 Å². The molecular formula is C12H16N6O2. The smallest absolute Gasteiger partial charge is 0.240 e. The van der Waals surface area contributed by atoms with Gasteiger partial charge in [0.2, 0.25) is 11.8 Å². The van der Waals surface area contributed by atoms with E-state index in [1.165, 1.54) is 0 Å². The summed E-state index contributed by atoms with van der Waals surface area (Å²) in [7, 11) is 0. The summed E-state index contributed by atoms with van der Waals surface area (Å²) in [6, 6.07) is 1.91. The van der Waals surface area contributed by atoms with Crippen LogP contribution >= 0.6 is 0 Å². The number of nitrogens with one attached hydrogen (secondary N) is 2. The van der Waals surface area contributed by atoms with Gasteiger partial charge in [-0.15, -0.1) is 0 Å². The van der Waals surface area contributed by atoms with Crippen LogP contribution in [0.2, 0.25) is 0 Å². The normalized spacial score (nSPS) is 17.8. The Balaban J connectivity index is 1.47. The van der Waals surface area contributed by atoms with E-state index in [2.05, 4.69) is 25.9 Å². The molecule has 1 aliphatic heterocycles. The molecule has 0 spiro atoms. The lowest BCUT2D eigenvalue weighted by atomic mass is 10.1. The topological polar surface area (TPSA) is 97.9 Å². The van der Waals surface area contributed by atoms with E-state index >= 15 is 0 Å². The van der Waals surface area contributed by atoms with Gasteiger partial charge in [0, 0.05) is 18.5 Å². The maximum Gasteiger partial charge on any atom is 0.240 e. The highest BCUT2D eigenvalue weighted by atomic mass is 16.5. The SMILES string of the molecule is Cc1cc(NC(=O)CN[C@H]2CCc3ncnn3C2)on1. The molecule has 8 nitrogen and oxygen atoms in total. The van der Waals surface area contributed by atoms with Crippen molar-refractivity contribution >= 4 is 11.8 Å². The summed E-state index contributed by atoms with van der Waals surface area (Å²) in [5.41, 5.74) is 0.735. The van der Waals surface area contributed by atoms with Crippen molar-refractivity contribution in [3.05, 3.63) is 23.9 Å². The van der Waals surface area contributed by atoms with Crippen LogP contribution in [0.4, 0.5) is 5.88 Å². The second kappa shape index (κ2) is 5.41. The maximum atomic E-state index is 11.8. The molecule has 3 rings (SSSR count). The Morgan fingerprint density at radius 3 is 3.30 bits per heavy atom. The minimum absolute atomic E-state index is 0.148. The molecule has 0 bridgehead atoms. The molecule has 2 N–H and O–H groups in total. The van der Waals surface area contributed by atoms with Crippen LogP contribution in [0, 0.1) is 6.92 Å². The Morgan fingerprint density at radius 2 is 2.50 bits per heavy atom. The monoisotopic (exact) mass is 276 g/mol. The number of fused-ring (bicyclic) bond motifs is 1. The minimum Gasteiger partial charge on any atom is -0.338 e. The average molecular weight is 276 g/mol. The van der Waals surface area contributed by atoms with Crippen molar-refractivity contribution in [1.29, 1.82) is 0 Å². The molecule has 20 heavy (non-hydrogen) atoms. The molecule has 2 aromatic heterocycles. The fraction of sp³-hybridized carbons (Fsp3) is 0.500. The third kappa shape index (κ3) is 2.85. The first-order chi connectivity index (χ1) is 9.70. The van der Waals surface area contributed by atoms with Gasteiger partial charge >= 0.3 is 0 Å². The zero-order valence-corrected chi connectivity index (χ0v) is 11.2. The summed E-state index contributed by atoms with van der Waals surface area (Å²) in [5, 5.41) is 13.7. The average Bonchev–Trinajstić information content (AvgIpc) is 3.04. The fourth-order valence-electron chi connectivity index (χ4n) is 2.25. The van der Waals surface area contributed by atoms with Gasteiger partial charge in [0.15, 0.2) is 0 Å². The van der Waals surface area contributed by atoms with Crippen LogP contribution in [0.25, 0.3) is 0 Å². The number of aryl methyl sites for hydroxylation is 2. The molecule has 3 heterocycles. The Morgan fingerprint density at radius 1 is 1.60 bits per heavy atom. The molecule has 0 saturated carbocycles. The lowest BCUT2D eigenvalue weighted by molar-refractivity contribution is -0.115. The van der Waals surface area contributed by atoms with Crippen molar-refractivity contribution in [1.82, 2.24) is 25.2 Å². The highest BCUT2D eigenvalue weighted by molar-refractivity contribution is 5.90. The van der Waals surface area contributed by atoms with Crippen LogP contribution in [0.3, 0.4) is 0 Å². The van der Waals surface area contributed by atoms with Crippen molar-refractivity contribution in [2.45, 2.75) is 32.4 Å². The number of hydrogen-bond donors (Lipinski definition) is 2. The zero-order chi connectivity index (χ0) is 13.9. The summed E-state index contributed by atoms with van der Waals surface area (Å²) in [5.74, 6) is 1.23. The number of aromatic nitrogens is 4. The lowest BCUT2D eigenvalue weighted by Crippen LogP contribution is -2.41. The highest BCUT2D eigenvalue weighted by Gasteiger charge is 2.20. The van der Waals surface area contributed by atoms with Gasteiger partial charge in [-0.3, -0.25) is 10.1 Å². The first kappa shape index (κ1) is 12.8. The number of carbonyl (C=O) groups excluding carboxylic acids is 1. The van der Waals surface area contributed by atoms with Crippen LogP contribution in [0.15, 0.2) is 16.9 Å². The molecule has 1 aliphatic rings. The van der Waals surface area contributed by atoms with E-state index in [-0.39, 0.29) is 18.5 Å². The summed E-state index contributed by atoms with van der Waals surface area (Å²) in [6.07, 6.45) is 3.39. The Hall–Kier alpha value is -2.22. The molecular weight excluding hydrogens is 260 g/mol. The van der Waals surface area contributed by atoms with Crippen LogP contribution in [0.1, 0.15) is 17.9 Å². The largest absolute Gasteiger partial charge is 0.338 e. The van der Waals surface area contributed by atoms with E-state index in [0.717, 1.165) is 30.9 Å². The van der Waals surface area contributed by atoms with Crippen molar-refractivity contribution in [3.63, 3.8) is 0 Å². The first-order valence-electron chi connectivity index (χ1n) is 6.54. The molecule has 0 fully saturated rings. The summed E-state index contributed by atoms with van der Waals surface area (Å²) >= 11 is 0.